The van der Waals surface area contributed by atoms with E-state index in [1.807, 2.05) is 33.8 Å². The number of pyridine rings is 1. The fraction of sp³-hybridized carbons (Fsp3) is 0.323. The van der Waals surface area contributed by atoms with Crippen LogP contribution in [0.3, 0.4) is 0 Å². The number of aromatic nitrogens is 3. The molecule has 10 heteroatoms. The topological polar surface area (TPSA) is 92.9 Å². The Bertz CT molecular complexity index is 1610. The van der Waals surface area contributed by atoms with Gasteiger partial charge in [-0.05, 0) is 81.7 Å². The average molecular weight is 565 g/mol. The van der Waals surface area contributed by atoms with Gasteiger partial charge in [-0.2, -0.15) is 18.4 Å². The van der Waals surface area contributed by atoms with Gasteiger partial charge in [-0.15, -0.1) is 0 Å². The molecule has 1 aromatic carbocycles. The van der Waals surface area contributed by atoms with Crippen molar-refractivity contribution in [2.75, 3.05) is 18.0 Å². The molecule has 216 valence electrons. The van der Waals surface area contributed by atoms with Crippen LogP contribution in [0.5, 0.6) is 0 Å². The first-order valence-electron chi connectivity index (χ1n) is 13.3. The SMILES string of the molecule is CCCN(CC)c1ccc(-n2c(-c3cc(/C(C=C(C)C)=C/C(C#N)=C(\C)N)ccn3)cn(C)c2=O)cc1C(F)(F)F. The lowest BCUT2D eigenvalue weighted by molar-refractivity contribution is -0.137. The highest BCUT2D eigenvalue weighted by Crippen LogP contribution is 2.38. The van der Waals surface area contributed by atoms with Gasteiger partial charge in [0.2, 0.25) is 0 Å². The maximum atomic E-state index is 14.3. The quantitative estimate of drug-likeness (QED) is 0.234. The second kappa shape index (κ2) is 12.8. The Kier molecular flexibility index (Phi) is 9.66. The number of rotatable bonds is 9. The lowest BCUT2D eigenvalue weighted by Gasteiger charge is -2.26. The number of allylic oxidation sites excluding steroid dienone is 6. The summed E-state index contributed by atoms with van der Waals surface area (Å²) in [5.41, 5.74) is 8.44. The number of halogens is 3. The van der Waals surface area contributed by atoms with Crippen molar-refractivity contribution >= 4 is 11.3 Å². The van der Waals surface area contributed by atoms with E-state index < -0.39 is 17.4 Å². The minimum Gasteiger partial charge on any atom is -0.401 e. The highest BCUT2D eigenvalue weighted by atomic mass is 19.4. The Morgan fingerprint density at radius 3 is 2.41 bits per heavy atom. The lowest BCUT2D eigenvalue weighted by atomic mass is 10.00. The normalized spacial score (nSPS) is 12.5. The first kappa shape index (κ1) is 31.0. The Morgan fingerprint density at radius 2 is 1.85 bits per heavy atom. The molecule has 0 aliphatic carbocycles. The molecule has 0 saturated carbocycles. The monoisotopic (exact) mass is 564 g/mol. The minimum atomic E-state index is -4.62. The molecule has 0 aliphatic rings. The van der Waals surface area contributed by atoms with Crippen LogP contribution in [0.2, 0.25) is 0 Å². The van der Waals surface area contributed by atoms with Gasteiger partial charge >= 0.3 is 11.9 Å². The molecule has 0 spiro atoms. The third kappa shape index (κ3) is 6.98. The van der Waals surface area contributed by atoms with Crippen molar-refractivity contribution < 1.29 is 13.2 Å². The summed E-state index contributed by atoms with van der Waals surface area (Å²) in [6, 6.07) is 9.55. The predicted molar refractivity (Wildman–Crippen MR) is 157 cm³/mol. The van der Waals surface area contributed by atoms with Crippen molar-refractivity contribution in [1.29, 1.82) is 5.26 Å². The standard InChI is InChI=1S/C31H35F3N6O/c1-7-13-39(8-2)28-10-9-25(17-26(28)31(32,33)34)40-29(19-38(6)30(40)41)27-16-22(11-12-37-27)23(14-20(3)4)15-24(18-35)21(5)36/h9-12,14-17,19H,7-8,13,36H2,1-6H3/b23-15+,24-21-. The molecule has 0 atom stereocenters. The van der Waals surface area contributed by atoms with Gasteiger partial charge < -0.3 is 15.2 Å². The number of nitrogens with two attached hydrogens (primary N) is 1. The minimum absolute atomic E-state index is 0.0734. The molecule has 0 aliphatic heterocycles. The molecule has 0 fully saturated rings. The summed E-state index contributed by atoms with van der Waals surface area (Å²) in [6.07, 6.45) is 2.72. The van der Waals surface area contributed by atoms with Gasteiger partial charge in [0.05, 0.1) is 28.2 Å². The lowest BCUT2D eigenvalue weighted by Crippen LogP contribution is -2.27. The van der Waals surface area contributed by atoms with Crippen molar-refractivity contribution in [1.82, 2.24) is 14.1 Å². The van der Waals surface area contributed by atoms with Gasteiger partial charge in [-0.3, -0.25) is 9.55 Å². The van der Waals surface area contributed by atoms with Gasteiger partial charge in [-0.25, -0.2) is 4.79 Å². The van der Waals surface area contributed by atoms with Crippen LogP contribution in [0.4, 0.5) is 18.9 Å². The van der Waals surface area contributed by atoms with Gasteiger partial charge in [0.25, 0.3) is 0 Å². The van der Waals surface area contributed by atoms with Crippen LogP contribution in [0.15, 0.2) is 76.5 Å². The van der Waals surface area contributed by atoms with E-state index in [2.05, 4.69) is 11.1 Å². The third-order valence-corrected chi connectivity index (χ3v) is 6.45. The number of nitriles is 1. The van der Waals surface area contributed by atoms with E-state index in [4.69, 9.17) is 5.73 Å². The summed E-state index contributed by atoms with van der Waals surface area (Å²) in [5.74, 6) is 0. The molecule has 3 aromatic rings. The second-order valence-corrected chi connectivity index (χ2v) is 9.98. The van der Waals surface area contributed by atoms with E-state index >= 15 is 0 Å². The van der Waals surface area contributed by atoms with Crippen molar-refractivity contribution in [3.05, 3.63) is 93.3 Å². The number of hydrogen-bond acceptors (Lipinski definition) is 5. The zero-order valence-corrected chi connectivity index (χ0v) is 24.2. The number of hydrogen-bond donors (Lipinski definition) is 1. The Hall–Kier alpha value is -4.52. The number of alkyl halides is 3. The number of anilines is 1. The van der Waals surface area contributed by atoms with E-state index in [0.29, 0.717) is 53.3 Å². The molecule has 7 nitrogen and oxygen atoms in total. The molecule has 2 heterocycles. The van der Waals surface area contributed by atoms with Crippen LogP contribution >= 0.6 is 0 Å². The molecular formula is C31H35F3N6O. The predicted octanol–water partition coefficient (Wildman–Crippen LogP) is 6.60. The molecular weight excluding hydrogens is 529 g/mol. The fourth-order valence-electron chi connectivity index (χ4n) is 4.53. The van der Waals surface area contributed by atoms with E-state index in [0.717, 1.165) is 11.6 Å². The smallest absolute Gasteiger partial charge is 0.401 e. The fourth-order valence-corrected chi connectivity index (χ4v) is 4.53. The largest absolute Gasteiger partial charge is 0.418 e. The van der Waals surface area contributed by atoms with Gasteiger partial charge in [0.1, 0.15) is 6.07 Å². The summed E-state index contributed by atoms with van der Waals surface area (Å²) < 4.78 is 45.3. The zero-order chi connectivity index (χ0) is 30.5. The average Bonchev–Trinajstić information content (AvgIpc) is 3.22. The summed E-state index contributed by atoms with van der Waals surface area (Å²) in [6.45, 7) is 10.1. The maximum Gasteiger partial charge on any atom is 0.418 e. The van der Waals surface area contributed by atoms with Crippen LogP contribution in [0, 0.1) is 11.3 Å². The maximum absolute atomic E-state index is 14.3. The van der Waals surface area contributed by atoms with Crippen molar-refractivity contribution in [3.63, 3.8) is 0 Å². The highest BCUT2D eigenvalue weighted by Gasteiger charge is 2.35. The Morgan fingerprint density at radius 1 is 1.15 bits per heavy atom. The van der Waals surface area contributed by atoms with Crippen molar-refractivity contribution in [2.45, 2.75) is 47.2 Å². The molecule has 2 aromatic heterocycles. The van der Waals surface area contributed by atoms with Gasteiger partial charge in [-0.1, -0.05) is 18.6 Å². The second-order valence-electron chi connectivity index (χ2n) is 9.98. The van der Waals surface area contributed by atoms with E-state index in [-0.39, 0.29) is 11.4 Å². The molecule has 2 N–H and O–H groups in total. The first-order valence-corrected chi connectivity index (χ1v) is 13.3. The van der Waals surface area contributed by atoms with Crippen LogP contribution in [0.1, 0.15) is 52.2 Å². The highest BCUT2D eigenvalue weighted by molar-refractivity contribution is 5.79. The summed E-state index contributed by atoms with van der Waals surface area (Å²) >= 11 is 0. The van der Waals surface area contributed by atoms with Crippen LogP contribution in [-0.2, 0) is 13.2 Å². The van der Waals surface area contributed by atoms with Gasteiger partial charge in [0.15, 0.2) is 0 Å². The number of nitrogens with zero attached hydrogens (tertiary/aromatic N) is 5. The van der Waals surface area contributed by atoms with Crippen molar-refractivity contribution in [2.24, 2.45) is 12.8 Å². The summed E-state index contributed by atoms with van der Waals surface area (Å²) in [4.78, 5) is 19.4. The van der Waals surface area contributed by atoms with E-state index in [1.54, 1.807) is 42.4 Å². The summed E-state index contributed by atoms with van der Waals surface area (Å²) in [5, 5.41) is 9.54. The molecule has 0 saturated heterocycles. The first-order chi connectivity index (χ1) is 19.3. The number of imidazole rings is 1. The molecule has 0 bridgehead atoms. The van der Waals surface area contributed by atoms with Crippen LogP contribution < -0.4 is 16.3 Å². The van der Waals surface area contributed by atoms with Crippen molar-refractivity contribution in [3.8, 4) is 23.1 Å². The van der Waals surface area contributed by atoms with Crippen LogP contribution in [0.25, 0.3) is 22.6 Å². The third-order valence-electron chi connectivity index (χ3n) is 6.45. The Balaban J connectivity index is 2.26. The number of aryl methyl sites for hydroxylation is 1. The van der Waals surface area contributed by atoms with E-state index in [1.165, 1.54) is 28.3 Å². The van der Waals surface area contributed by atoms with E-state index in [9.17, 15) is 23.2 Å². The molecule has 0 unspecified atom stereocenters. The zero-order valence-electron chi connectivity index (χ0n) is 24.2. The molecule has 0 radical (unpaired) electrons. The molecule has 41 heavy (non-hydrogen) atoms. The Labute approximate surface area is 238 Å². The van der Waals surface area contributed by atoms with Gasteiger partial charge in [0, 0.05) is 43.9 Å². The summed E-state index contributed by atoms with van der Waals surface area (Å²) in [7, 11) is 1.54. The molecule has 3 rings (SSSR count). The molecule has 0 amide bonds. The van der Waals surface area contributed by atoms with Crippen LogP contribution in [-0.4, -0.2) is 27.2 Å². The number of benzene rings is 1.